The lowest BCUT2D eigenvalue weighted by Gasteiger charge is -2.24. The second-order valence-electron chi connectivity index (χ2n) is 3.29. The predicted octanol–water partition coefficient (Wildman–Crippen LogP) is 0.360. The van der Waals surface area contributed by atoms with Crippen molar-refractivity contribution in [2.75, 3.05) is 19.6 Å². The van der Waals surface area contributed by atoms with E-state index in [4.69, 9.17) is 5.73 Å². The normalized spacial score (nSPS) is 17.4. The van der Waals surface area contributed by atoms with E-state index in [-0.39, 0.29) is 0 Å². The smallest absolute Gasteiger partial charge is 0.127 e. The number of aromatic amines is 1. The number of imidazole rings is 1. The average Bonchev–Trinajstić information content (AvgIpc) is 2.30. The Hall–Kier alpha value is -0.390. The SMILES string of the molecule is NCCc1[nH]c(C2CNC2)nc1Br. The van der Waals surface area contributed by atoms with E-state index in [0.717, 1.165) is 35.6 Å². The fourth-order valence-corrected chi connectivity index (χ4v) is 1.88. The minimum absolute atomic E-state index is 0.558. The van der Waals surface area contributed by atoms with Crippen LogP contribution in [-0.2, 0) is 6.42 Å². The first kappa shape index (κ1) is 9.18. The molecular formula is C8H13BrN4. The molecule has 1 aromatic heterocycles. The number of rotatable bonds is 3. The summed E-state index contributed by atoms with van der Waals surface area (Å²) in [5.74, 6) is 1.64. The van der Waals surface area contributed by atoms with Crippen LogP contribution >= 0.6 is 15.9 Å². The van der Waals surface area contributed by atoms with E-state index in [0.29, 0.717) is 12.5 Å². The molecule has 2 heterocycles. The zero-order valence-corrected chi connectivity index (χ0v) is 8.89. The van der Waals surface area contributed by atoms with Gasteiger partial charge in [-0.25, -0.2) is 4.98 Å². The third-order valence-electron chi connectivity index (χ3n) is 2.31. The number of hydrogen-bond donors (Lipinski definition) is 3. The van der Waals surface area contributed by atoms with E-state index < -0.39 is 0 Å². The molecule has 4 nitrogen and oxygen atoms in total. The number of aromatic nitrogens is 2. The van der Waals surface area contributed by atoms with Crippen molar-refractivity contribution in [2.45, 2.75) is 12.3 Å². The van der Waals surface area contributed by atoms with Crippen LogP contribution in [0, 0.1) is 0 Å². The first-order valence-electron chi connectivity index (χ1n) is 4.46. The number of nitrogens with zero attached hydrogens (tertiary/aromatic N) is 1. The topological polar surface area (TPSA) is 66.7 Å². The van der Waals surface area contributed by atoms with Gasteiger partial charge in [0.15, 0.2) is 0 Å². The number of H-pyrrole nitrogens is 1. The Morgan fingerprint density at radius 1 is 1.54 bits per heavy atom. The van der Waals surface area contributed by atoms with Crippen molar-refractivity contribution >= 4 is 15.9 Å². The van der Waals surface area contributed by atoms with Crippen LogP contribution in [0.1, 0.15) is 17.4 Å². The summed E-state index contributed by atoms with van der Waals surface area (Å²) in [6.07, 6.45) is 0.855. The molecule has 0 aromatic carbocycles. The third kappa shape index (κ3) is 1.77. The fourth-order valence-electron chi connectivity index (χ4n) is 1.39. The molecule has 0 radical (unpaired) electrons. The van der Waals surface area contributed by atoms with Crippen molar-refractivity contribution in [3.8, 4) is 0 Å². The quantitative estimate of drug-likeness (QED) is 0.720. The average molecular weight is 245 g/mol. The Balaban J connectivity index is 2.14. The highest BCUT2D eigenvalue weighted by Crippen LogP contribution is 2.21. The maximum Gasteiger partial charge on any atom is 0.127 e. The van der Waals surface area contributed by atoms with Gasteiger partial charge < -0.3 is 16.0 Å². The fraction of sp³-hybridized carbons (Fsp3) is 0.625. The van der Waals surface area contributed by atoms with Crippen LogP contribution in [0.4, 0.5) is 0 Å². The highest BCUT2D eigenvalue weighted by molar-refractivity contribution is 9.10. The summed E-state index contributed by atoms with van der Waals surface area (Å²) in [5.41, 5.74) is 6.60. The van der Waals surface area contributed by atoms with E-state index in [1.165, 1.54) is 0 Å². The van der Waals surface area contributed by atoms with Crippen molar-refractivity contribution in [3.63, 3.8) is 0 Å². The van der Waals surface area contributed by atoms with Crippen LogP contribution in [0.15, 0.2) is 4.60 Å². The zero-order chi connectivity index (χ0) is 9.26. The molecule has 1 fully saturated rings. The Bertz CT molecular complexity index is 292. The predicted molar refractivity (Wildman–Crippen MR) is 54.7 cm³/mol. The summed E-state index contributed by atoms with van der Waals surface area (Å²) in [7, 11) is 0. The Morgan fingerprint density at radius 2 is 2.31 bits per heavy atom. The van der Waals surface area contributed by atoms with Gasteiger partial charge in [-0.2, -0.15) is 0 Å². The minimum Gasteiger partial charge on any atom is -0.345 e. The maximum absolute atomic E-state index is 5.48. The number of hydrogen-bond acceptors (Lipinski definition) is 3. The Morgan fingerprint density at radius 3 is 2.85 bits per heavy atom. The van der Waals surface area contributed by atoms with E-state index in [9.17, 15) is 0 Å². The minimum atomic E-state index is 0.558. The molecule has 0 amide bonds. The Kier molecular flexibility index (Phi) is 2.66. The van der Waals surface area contributed by atoms with Gasteiger partial charge in [0.2, 0.25) is 0 Å². The third-order valence-corrected chi connectivity index (χ3v) is 2.97. The molecular weight excluding hydrogens is 232 g/mol. The first-order valence-corrected chi connectivity index (χ1v) is 5.25. The molecule has 0 atom stereocenters. The molecule has 0 spiro atoms. The lowest BCUT2D eigenvalue weighted by Crippen LogP contribution is -2.40. The van der Waals surface area contributed by atoms with Crippen LogP contribution in [0.2, 0.25) is 0 Å². The van der Waals surface area contributed by atoms with E-state index in [1.54, 1.807) is 0 Å². The van der Waals surface area contributed by atoms with Crippen molar-refractivity contribution in [1.82, 2.24) is 15.3 Å². The van der Waals surface area contributed by atoms with Crippen molar-refractivity contribution < 1.29 is 0 Å². The summed E-state index contributed by atoms with van der Waals surface area (Å²) < 4.78 is 0.917. The molecule has 0 aliphatic carbocycles. The second-order valence-corrected chi connectivity index (χ2v) is 4.04. The number of halogens is 1. The summed E-state index contributed by atoms with van der Waals surface area (Å²) in [6.45, 7) is 2.72. The zero-order valence-electron chi connectivity index (χ0n) is 7.31. The van der Waals surface area contributed by atoms with Crippen molar-refractivity contribution in [2.24, 2.45) is 5.73 Å². The van der Waals surface area contributed by atoms with E-state index in [1.807, 2.05) is 0 Å². The van der Waals surface area contributed by atoms with Crippen molar-refractivity contribution in [3.05, 3.63) is 16.1 Å². The molecule has 0 unspecified atom stereocenters. The van der Waals surface area contributed by atoms with Gasteiger partial charge in [0.25, 0.3) is 0 Å². The van der Waals surface area contributed by atoms with Crippen molar-refractivity contribution in [1.29, 1.82) is 0 Å². The van der Waals surface area contributed by atoms with Gasteiger partial charge in [0, 0.05) is 25.4 Å². The summed E-state index contributed by atoms with van der Waals surface area (Å²) in [4.78, 5) is 7.72. The summed E-state index contributed by atoms with van der Waals surface area (Å²) in [5, 5.41) is 3.22. The highest BCUT2D eigenvalue weighted by atomic mass is 79.9. The molecule has 2 rings (SSSR count). The lowest BCUT2D eigenvalue weighted by molar-refractivity contribution is 0.432. The monoisotopic (exact) mass is 244 g/mol. The van der Waals surface area contributed by atoms with Crippen LogP contribution < -0.4 is 11.1 Å². The van der Waals surface area contributed by atoms with Gasteiger partial charge in [-0.3, -0.25) is 0 Å². The van der Waals surface area contributed by atoms with Crippen LogP contribution in [-0.4, -0.2) is 29.6 Å². The molecule has 13 heavy (non-hydrogen) atoms. The van der Waals surface area contributed by atoms with Gasteiger partial charge in [0.1, 0.15) is 10.4 Å². The molecule has 5 heteroatoms. The standard InChI is InChI=1S/C8H13BrN4/c9-7-6(1-2-10)12-8(13-7)5-3-11-4-5/h5,11H,1-4,10H2,(H,12,13). The maximum atomic E-state index is 5.48. The number of nitrogens with one attached hydrogen (secondary N) is 2. The summed E-state index contributed by atoms with van der Waals surface area (Å²) >= 11 is 3.42. The van der Waals surface area contributed by atoms with Gasteiger partial charge >= 0.3 is 0 Å². The molecule has 0 saturated carbocycles. The summed E-state index contributed by atoms with van der Waals surface area (Å²) in [6, 6.07) is 0. The first-order chi connectivity index (χ1) is 6.31. The largest absolute Gasteiger partial charge is 0.345 e. The van der Waals surface area contributed by atoms with Crippen LogP contribution in [0.5, 0.6) is 0 Å². The molecule has 1 saturated heterocycles. The molecule has 1 aromatic rings. The van der Waals surface area contributed by atoms with Crippen LogP contribution in [0.25, 0.3) is 0 Å². The lowest BCUT2D eigenvalue weighted by atomic mass is 10.0. The number of nitrogens with two attached hydrogens (primary N) is 1. The van der Waals surface area contributed by atoms with Gasteiger partial charge in [-0.15, -0.1) is 0 Å². The van der Waals surface area contributed by atoms with E-state index in [2.05, 4.69) is 31.2 Å². The Labute approximate surface area is 85.4 Å². The molecule has 1 aliphatic rings. The molecule has 72 valence electrons. The van der Waals surface area contributed by atoms with E-state index >= 15 is 0 Å². The van der Waals surface area contributed by atoms with Gasteiger partial charge in [-0.05, 0) is 22.5 Å². The molecule has 0 bridgehead atoms. The van der Waals surface area contributed by atoms with Gasteiger partial charge in [-0.1, -0.05) is 0 Å². The molecule has 4 N–H and O–H groups in total. The molecule has 1 aliphatic heterocycles. The second kappa shape index (κ2) is 3.77. The highest BCUT2D eigenvalue weighted by Gasteiger charge is 2.22. The van der Waals surface area contributed by atoms with Gasteiger partial charge in [0.05, 0.1) is 5.69 Å². The van der Waals surface area contributed by atoms with Crippen LogP contribution in [0.3, 0.4) is 0 Å².